The number of aromatic nitrogens is 5. The first-order valence-electron chi connectivity index (χ1n) is 32.7. The normalized spacial score (nSPS) is 11.7. The van der Waals surface area contributed by atoms with E-state index in [1.54, 1.807) is 0 Å². The van der Waals surface area contributed by atoms with Crippen molar-refractivity contribution in [3.8, 4) is 95.8 Å². The highest BCUT2D eigenvalue weighted by atomic mass is 15.0. The Morgan fingerprint density at radius 1 is 0.229 bits per heavy atom. The molecule has 19 aromatic rings. The minimum absolute atomic E-state index is 0.526. The van der Waals surface area contributed by atoms with Crippen LogP contribution in [0, 0.1) is 11.3 Å². The van der Waals surface area contributed by atoms with Crippen LogP contribution in [0.2, 0.25) is 0 Å². The molecule has 6 nitrogen and oxygen atoms in total. The van der Waals surface area contributed by atoms with Crippen LogP contribution in [0.15, 0.2) is 340 Å². The van der Waals surface area contributed by atoms with Crippen molar-refractivity contribution in [1.82, 2.24) is 23.3 Å². The molecule has 6 heteroatoms. The number of nitrogens with zero attached hydrogens (tertiary/aromatic N) is 6. The molecule has 0 unspecified atom stereocenters. The van der Waals surface area contributed by atoms with Gasteiger partial charge in [-0.25, -0.2) is 4.98 Å². The van der Waals surface area contributed by atoms with Gasteiger partial charge in [0, 0.05) is 99.1 Å². The Hall–Kier alpha value is -13.1. The van der Waals surface area contributed by atoms with E-state index in [-0.39, 0.29) is 0 Å². The Labute approximate surface area is 553 Å². The van der Waals surface area contributed by atoms with Gasteiger partial charge in [-0.3, -0.25) is 0 Å². The molecule has 5 heterocycles. The van der Waals surface area contributed by atoms with Crippen LogP contribution in [0.1, 0.15) is 5.56 Å². The van der Waals surface area contributed by atoms with Gasteiger partial charge in [0.05, 0.1) is 66.8 Å². The summed E-state index contributed by atoms with van der Waals surface area (Å²) in [4.78, 5) is 5.72. The molecule has 0 aliphatic rings. The second-order valence-electron chi connectivity index (χ2n) is 24.8. The smallest absolute Gasteiger partial charge is 0.100 e. The lowest BCUT2D eigenvalue weighted by molar-refractivity contribution is 1.17. The van der Waals surface area contributed by atoms with E-state index >= 15 is 0 Å². The highest BCUT2D eigenvalue weighted by molar-refractivity contribution is 6.16. The van der Waals surface area contributed by atoms with Gasteiger partial charge in [0.2, 0.25) is 0 Å². The molecule has 0 amide bonds. The fourth-order valence-corrected chi connectivity index (χ4v) is 15.5. The minimum Gasteiger partial charge on any atom is -0.309 e. The number of para-hydroxylation sites is 8. The van der Waals surface area contributed by atoms with Crippen molar-refractivity contribution in [3.05, 3.63) is 345 Å². The Morgan fingerprint density at radius 3 is 0.844 bits per heavy atom. The van der Waals surface area contributed by atoms with Crippen molar-refractivity contribution in [2.75, 3.05) is 0 Å². The van der Waals surface area contributed by atoms with Crippen LogP contribution in [-0.2, 0) is 0 Å². The second kappa shape index (κ2) is 22.1. The summed E-state index contributed by atoms with van der Waals surface area (Å²) < 4.78 is 9.61. The van der Waals surface area contributed by atoms with E-state index in [2.05, 4.69) is 358 Å². The van der Waals surface area contributed by atoms with Crippen molar-refractivity contribution in [2.45, 2.75) is 0 Å². The lowest BCUT2D eigenvalue weighted by Crippen LogP contribution is -2.08. The number of hydrogen-bond acceptors (Lipinski definition) is 2. The third-order valence-corrected chi connectivity index (χ3v) is 19.7. The average Bonchev–Trinajstić information content (AvgIpc) is 1.07. The predicted octanol–water partition coefficient (Wildman–Crippen LogP) is 23.3. The molecule has 446 valence electrons. The quantitative estimate of drug-likeness (QED) is 0.137. The zero-order valence-electron chi connectivity index (χ0n) is 52.0. The van der Waals surface area contributed by atoms with Crippen LogP contribution in [0.5, 0.6) is 0 Å². The van der Waals surface area contributed by atoms with E-state index in [0.717, 1.165) is 145 Å². The molecule has 0 fully saturated rings. The van der Waals surface area contributed by atoms with Crippen molar-refractivity contribution in [2.24, 2.45) is 0 Å². The van der Waals surface area contributed by atoms with Gasteiger partial charge < -0.3 is 18.3 Å². The molecule has 0 bridgehead atoms. The van der Waals surface area contributed by atoms with E-state index in [0.29, 0.717) is 5.56 Å². The van der Waals surface area contributed by atoms with Crippen molar-refractivity contribution >= 4 is 87.2 Å². The largest absolute Gasteiger partial charge is 0.309 e. The number of benzene rings is 14. The first-order valence-corrected chi connectivity index (χ1v) is 32.7. The molecule has 0 saturated carbocycles. The molecule has 0 N–H and O–H groups in total. The predicted molar refractivity (Wildman–Crippen MR) is 399 cm³/mol. The summed E-state index contributed by atoms with van der Waals surface area (Å²) in [6.45, 7) is 0. The van der Waals surface area contributed by atoms with Gasteiger partial charge in [-0.1, -0.05) is 243 Å². The van der Waals surface area contributed by atoms with Gasteiger partial charge in [-0.05, 0) is 114 Å². The molecule has 0 radical (unpaired) electrons. The number of nitriles is 1. The molecule has 96 heavy (non-hydrogen) atoms. The maximum atomic E-state index is 12.9. The maximum Gasteiger partial charge on any atom is 0.100 e. The lowest BCUT2D eigenvalue weighted by Gasteiger charge is -2.28. The third kappa shape index (κ3) is 8.41. The summed E-state index contributed by atoms with van der Waals surface area (Å²) in [5.74, 6) is 0. The van der Waals surface area contributed by atoms with Crippen molar-refractivity contribution < 1.29 is 0 Å². The SMILES string of the molecule is N#Cc1c(-c2ccc(-n3c4ccccc4c4ccccc43)cc2)c(-c2ccc(-n3c4ccccc4c4ccccc43)cc2)c(-n2c3ccccc3c3ccccc32)c(-c2ccc(-n3c4ccccc4c4ccccc43)cc2)c1-c1ccc(-c2ccccc2)nc1-c1ccccc1. The number of pyridine rings is 1. The monoisotopic (exact) mass is 1220 g/mol. The zero-order valence-corrected chi connectivity index (χ0v) is 52.0. The van der Waals surface area contributed by atoms with E-state index < -0.39 is 0 Å². The first-order chi connectivity index (χ1) is 47.6. The summed E-state index contributed by atoms with van der Waals surface area (Å²) in [5.41, 5.74) is 23.9. The third-order valence-electron chi connectivity index (χ3n) is 19.7. The summed E-state index contributed by atoms with van der Waals surface area (Å²) in [5, 5.41) is 22.3. The molecule has 0 aliphatic carbocycles. The van der Waals surface area contributed by atoms with Crippen molar-refractivity contribution in [3.63, 3.8) is 0 Å². The Kier molecular flexibility index (Phi) is 12.6. The summed E-state index contributed by atoms with van der Waals surface area (Å²) in [7, 11) is 0. The molecule has 0 saturated heterocycles. The Morgan fingerprint density at radius 2 is 0.510 bits per heavy atom. The molecular weight excluding hydrogens is 1170 g/mol. The molecular formula is C90H56N6. The van der Waals surface area contributed by atoms with E-state index in [1.165, 1.54) is 32.3 Å². The van der Waals surface area contributed by atoms with Gasteiger partial charge in [0.15, 0.2) is 0 Å². The number of rotatable bonds is 10. The highest BCUT2D eigenvalue weighted by Gasteiger charge is 2.33. The van der Waals surface area contributed by atoms with Crippen LogP contribution < -0.4 is 0 Å². The summed E-state index contributed by atoms with van der Waals surface area (Å²) >= 11 is 0. The molecule has 5 aromatic heterocycles. The fourth-order valence-electron chi connectivity index (χ4n) is 15.5. The fraction of sp³-hybridized carbons (Fsp3) is 0. The number of fused-ring (bicyclic) bond motifs is 12. The minimum atomic E-state index is 0.526. The summed E-state index contributed by atoms with van der Waals surface area (Å²) in [6, 6.07) is 125. The molecule has 0 atom stereocenters. The number of hydrogen-bond donors (Lipinski definition) is 0. The van der Waals surface area contributed by atoms with Crippen LogP contribution in [0.4, 0.5) is 0 Å². The standard InChI is InChI=1S/C90H56N6/c91-57-75-85(59-43-49-63(50-44-59)93-77-35-15-7-27-66(77)67-28-8-16-36-78(67)93)86(60-45-51-64(52-46-60)94-79-37-17-9-29-68(79)69-30-10-18-38-80(69)94)90(96-83-41-21-13-33-72(83)73-34-14-22-42-84(73)96)87(61-47-53-65(54-48-61)95-81-39-19-11-31-70(81)71-32-12-20-40-82(71)95)88(75)74-55-56-76(58-23-3-1-4-24-58)92-89(74)62-25-5-2-6-26-62/h1-56H. The maximum absolute atomic E-state index is 12.9. The molecule has 19 rings (SSSR count). The molecule has 14 aromatic carbocycles. The lowest BCUT2D eigenvalue weighted by atomic mass is 9.78. The topological polar surface area (TPSA) is 56.4 Å². The molecule has 0 spiro atoms. The van der Waals surface area contributed by atoms with Gasteiger partial charge >= 0.3 is 0 Å². The average molecular weight is 1220 g/mol. The van der Waals surface area contributed by atoms with E-state index in [9.17, 15) is 5.26 Å². The van der Waals surface area contributed by atoms with Crippen LogP contribution in [0.25, 0.3) is 177 Å². The summed E-state index contributed by atoms with van der Waals surface area (Å²) in [6.07, 6.45) is 0. The van der Waals surface area contributed by atoms with Crippen LogP contribution >= 0.6 is 0 Å². The van der Waals surface area contributed by atoms with Gasteiger partial charge in [0.1, 0.15) is 6.07 Å². The first kappa shape index (κ1) is 54.6. The van der Waals surface area contributed by atoms with E-state index in [1.807, 2.05) is 6.07 Å². The van der Waals surface area contributed by atoms with Gasteiger partial charge in [-0.2, -0.15) is 5.26 Å². The molecule has 0 aliphatic heterocycles. The van der Waals surface area contributed by atoms with Gasteiger partial charge in [0.25, 0.3) is 0 Å². The highest BCUT2D eigenvalue weighted by Crippen LogP contribution is 2.54. The van der Waals surface area contributed by atoms with E-state index in [4.69, 9.17) is 4.98 Å². The van der Waals surface area contributed by atoms with Gasteiger partial charge in [-0.15, -0.1) is 0 Å². The Balaban J connectivity index is 0.979. The van der Waals surface area contributed by atoms with Crippen molar-refractivity contribution in [1.29, 1.82) is 5.26 Å². The van der Waals surface area contributed by atoms with Crippen LogP contribution in [-0.4, -0.2) is 23.3 Å². The second-order valence-corrected chi connectivity index (χ2v) is 24.8. The Bertz CT molecular complexity index is 6140. The zero-order chi connectivity index (χ0) is 63.4. The van der Waals surface area contributed by atoms with Crippen LogP contribution in [0.3, 0.4) is 0 Å².